The lowest BCUT2D eigenvalue weighted by Gasteiger charge is -2.08. The summed E-state index contributed by atoms with van der Waals surface area (Å²) in [4.78, 5) is 10.8. The second-order valence-electron chi connectivity index (χ2n) is 3.30. The molecule has 0 aliphatic rings. The zero-order valence-electron chi connectivity index (χ0n) is 9.47. The number of ether oxygens (including phenoxy) is 2. The highest BCUT2D eigenvalue weighted by Gasteiger charge is 2.14. The molecule has 88 valence electrons. The molecule has 17 heavy (non-hydrogen) atoms. The predicted molar refractivity (Wildman–Crippen MR) is 60.4 cm³/mol. The van der Waals surface area contributed by atoms with E-state index in [4.69, 9.17) is 14.0 Å². The molecule has 5 heteroatoms. The van der Waals surface area contributed by atoms with Gasteiger partial charge in [0.15, 0.2) is 6.29 Å². The van der Waals surface area contributed by atoms with Crippen LogP contribution in [0.4, 0.5) is 0 Å². The van der Waals surface area contributed by atoms with Gasteiger partial charge < -0.3 is 14.0 Å². The molecule has 1 heterocycles. The van der Waals surface area contributed by atoms with Gasteiger partial charge >= 0.3 is 0 Å². The molecule has 0 saturated carbocycles. The number of methoxy groups -OCH3 is 2. The second-order valence-corrected chi connectivity index (χ2v) is 3.30. The maximum absolute atomic E-state index is 10.8. The quantitative estimate of drug-likeness (QED) is 0.757. The Bertz CT molecular complexity index is 533. The van der Waals surface area contributed by atoms with Crippen LogP contribution in [0.2, 0.25) is 0 Å². The maximum Gasteiger partial charge on any atom is 0.155 e. The molecule has 0 aliphatic carbocycles. The standard InChI is InChI=1S/C12H11NO4/c1-15-9-3-4-10(11(5-9)16-2)12-8(6-14)7-17-13-12/h3-7H,1-2H3. The van der Waals surface area contributed by atoms with Gasteiger partial charge in [-0.2, -0.15) is 0 Å². The molecule has 0 N–H and O–H groups in total. The van der Waals surface area contributed by atoms with Crippen LogP contribution >= 0.6 is 0 Å². The number of hydrogen-bond acceptors (Lipinski definition) is 5. The Labute approximate surface area is 97.9 Å². The molecular formula is C12H11NO4. The summed E-state index contributed by atoms with van der Waals surface area (Å²) in [6.07, 6.45) is 1.99. The van der Waals surface area contributed by atoms with Crippen molar-refractivity contribution in [2.45, 2.75) is 0 Å². The summed E-state index contributed by atoms with van der Waals surface area (Å²) in [7, 11) is 3.11. The van der Waals surface area contributed by atoms with E-state index in [0.29, 0.717) is 34.6 Å². The average Bonchev–Trinajstić information content (AvgIpc) is 2.85. The van der Waals surface area contributed by atoms with E-state index in [1.165, 1.54) is 6.26 Å². The van der Waals surface area contributed by atoms with Crippen molar-refractivity contribution >= 4 is 6.29 Å². The van der Waals surface area contributed by atoms with Gasteiger partial charge in [-0.15, -0.1) is 0 Å². The van der Waals surface area contributed by atoms with Gasteiger partial charge in [-0.05, 0) is 12.1 Å². The molecule has 0 saturated heterocycles. The minimum Gasteiger partial charge on any atom is -0.497 e. The van der Waals surface area contributed by atoms with Gasteiger partial charge in [0.05, 0.1) is 19.8 Å². The minimum atomic E-state index is 0.383. The number of rotatable bonds is 4. The molecule has 5 nitrogen and oxygen atoms in total. The molecule has 0 radical (unpaired) electrons. The summed E-state index contributed by atoms with van der Waals surface area (Å²) < 4.78 is 15.1. The SMILES string of the molecule is COc1ccc(-c2nocc2C=O)c(OC)c1. The highest BCUT2D eigenvalue weighted by molar-refractivity contribution is 5.86. The fourth-order valence-electron chi connectivity index (χ4n) is 1.53. The van der Waals surface area contributed by atoms with Crippen LogP contribution in [0, 0.1) is 0 Å². The van der Waals surface area contributed by atoms with Crippen molar-refractivity contribution in [1.29, 1.82) is 0 Å². The van der Waals surface area contributed by atoms with E-state index in [1.807, 2.05) is 0 Å². The predicted octanol–water partition coefficient (Wildman–Crippen LogP) is 2.17. The van der Waals surface area contributed by atoms with Gasteiger partial charge in [0.1, 0.15) is 23.5 Å². The van der Waals surface area contributed by atoms with Crippen LogP contribution in [0.3, 0.4) is 0 Å². The van der Waals surface area contributed by atoms with Crippen LogP contribution < -0.4 is 9.47 Å². The monoisotopic (exact) mass is 233 g/mol. The lowest BCUT2D eigenvalue weighted by atomic mass is 10.1. The summed E-state index contributed by atoms with van der Waals surface area (Å²) in [5, 5.41) is 3.79. The fraction of sp³-hybridized carbons (Fsp3) is 0.167. The fourth-order valence-corrected chi connectivity index (χ4v) is 1.53. The summed E-state index contributed by atoms with van der Waals surface area (Å²) >= 11 is 0. The first-order valence-corrected chi connectivity index (χ1v) is 4.92. The van der Waals surface area contributed by atoms with Crippen molar-refractivity contribution in [2.24, 2.45) is 0 Å². The zero-order valence-corrected chi connectivity index (χ0v) is 9.47. The third kappa shape index (κ3) is 1.99. The highest BCUT2D eigenvalue weighted by atomic mass is 16.5. The third-order valence-corrected chi connectivity index (χ3v) is 2.39. The smallest absolute Gasteiger partial charge is 0.155 e. The number of nitrogens with zero attached hydrogens (tertiary/aromatic N) is 1. The number of benzene rings is 1. The summed E-state index contributed by atoms with van der Waals surface area (Å²) in [6, 6.07) is 5.25. The van der Waals surface area contributed by atoms with E-state index in [1.54, 1.807) is 32.4 Å². The van der Waals surface area contributed by atoms with Crippen LogP contribution in [0.1, 0.15) is 10.4 Å². The Hall–Kier alpha value is -2.30. The normalized spacial score (nSPS) is 10.0. The Balaban J connectivity index is 2.55. The van der Waals surface area contributed by atoms with Crippen LogP contribution in [0.15, 0.2) is 29.0 Å². The first-order valence-electron chi connectivity index (χ1n) is 4.92. The zero-order chi connectivity index (χ0) is 12.3. The second kappa shape index (κ2) is 4.69. The van der Waals surface area contributed by atoms with Crippen molar-refractivity contribution < 1.29 is 18.8 Å². The lowest BCUT2D eigenvalue weighted by molar-refractivity contribution is 0.112. The summed E-state index contributed by atoms with van der Waals surface area (Å²) in [5.41, 5.74) is 1.53. The van der Waals surface area contributed by atoms with E-state index < -0.39 is 0 Å². The van der Waals surface area contributed by atoms with E-state index in [-0.39, 0.29) is 0 Å². The Kier molecular flexibility index (Phi) is 3.09. The molecule has 0 aliphatic heterocycles. The molecule has 0 amide bonds. The lowest BCUT2D eigenvalue weighted by Crippen LogP contribution is -1.92. The topological polar surface area (TPSA) is 61.6 Å². The number of carbonyl (C=O) groups excluding carboxylic acids is 1. The molecule has 0 bridgehead atoms. The van der Waals surface area contributed by atoms with Crippen LogP contribution in [-0.4, -0.2) is 25.7 Å². The molecule has 0 fully saturated rings. The van der Waals surface area contributed by atoms with Gasteiger partial charge in [-0.25, -0.2) is 0 Å². The van der Waals surface area contributed by atoms with E-state index in [0.717, 1.165) is 0 Å². The number of aromatic nitrogens is 1. The molecular weight excluding hydrogens is 222 g/mol. The minimum absolute atomic E-state index is 0.383. The molecule has 0 unspecified atom stereocenters. The number of aldehydes is 1. The largest absolute Gasteiger partial charge is 0.497 e. The Morgan fingerprint density at radius 3 is 2.76 bits per heavy atom. The summed E-state index contributed by atoms with van der Waals surface area (Å²) in [6.45, 7) is 0. The highest BCUT2D eigenvalue weighted by Crippen LogP contribution is 2.33. The summed E-state index contributed by atoms with van der Waals surface area (Å²) in [5.74, 6) is 1.24. The van der Waals surface area contributed by atoms with E-state index in [9.17, 15) is 4.79 Å². The van der Waals surface area contributed by atoms with Crippen molar-refractivity contribution in [1.82, 2.24) is 5.16 Å². The molecule has 0 spiro atoms. The molecule has 1 aromatic heterocycles. The molecule has 2 rings (SSSR count). The van der Waals surface area contributed by atoms with Gasteiger partial charge in [0.25, 0.3) is 0 Å². The van der Waals surface area contributed by atoms with E-state index >= 15 is 0 Å². The van der Waals surface area contributed by atoms with Crippen LogP contribution in [0.5, 0.6) is 11.5 Å². The van der Waals surface area contributed by atoms with Gasteiger partial charge in [-0.1, -0.05) is 5.16 Å². The number of hydrogen-bond donors (Lipinski definition) is 0. The number of carbonyl (C=O) groups is 1. The molecule has 2 aromatic rings. The third-order valence-electron chi connectivity index (χ3n) is 2.39. The van der Waals surface area contributed by atoms with Crippen molar-refractivity contribution in [3.63, 3.8) is 0 Å². The van der Waals surface area contributed by atoms with Crippen molar-refractivity contribution in [3.05, 3.63) is 30.0 Å². The Morgan fingerprint density at radius 2 is 2.12 bits per heavy atom. The van der Waals surface area contributed by atoms with Gasteiger partial charge in [0, 0.05) is 11.6 Å². The van der Waals surface area contributed by atoms with Crippen LogP contribution in [-0.2, 0) is 0 Å². The Morgan fingerprint density at radius 1 is 1.29 bits per heavy atom. The van der Waals surface area contributed by atoms with E-state index in [2.05, 4.69) is 5.16 Å². The van der Waals surface area contributed by atoms with Crippen LogP contribution in [0.25, 0.3) is 11.3 Å². The first kappa shape index (κ1) is 11.2. The van der Waals surface area contributed by atoms with Gasteiger partial charge in [0.2, 0.25) is 0 Å². The van der Waals surface area contributed by atoms with Gasteiger partial charge in [-0.3, -0.25) is 4.79 Å². The first-order chi connectivity index (χ1) is 8.30. The van der Waals surface area contributed by atoms with Crippen molar-refractivity contribution in [3.8, 4) is 22.8 Å². The van der Waals surface area contributed by atoms with Crippen molar-refractivity contribution in [2.75, 3.05) is 14.2 Å². The molecule has 1 aromatic carbocycles. The molecule has 0 atom stereocenters. The maximum atomic E-state index is 10.8. The average molecular weight is 233 g/mol.